The summed E-state index contributed by atoms with van der Waals surface area (Å²) in [5, 5.41) is 9.72. The second kappa shape index (κ2) is 4.86. The second-order valence-electron chi connectivity index (χ2n) is 5.55. The SMILES string of the molecule is C=C(C(=O)OC(C)(C)C)c1c[nH]c2cc(C#N)ccc12. The third-order valence-electron chi connectivity index (χ3n) is 2.78. The summed E-state index contributed by atoms with van der Waals surface area (Å²) in [7, 11) is 0. The third-order valence-corrected chi connectivity index (χ3v) is 2.78. The van der Waals surface area contributed by atoms with Crippen LogP contribution in [0.3, 0.4) is 0 Å². The van der Waals surface area contributed by atoms with E-state index in [4.69, 9.17) is 10.00 Å². The van der Waals surface area contributed by atoms with E-state index in [1.54, 1.807) is 24.4 Å². The standard InChI is InChI=1S/C16H16N2O2/c1-10(15(19)20-16(2,3)4)13-9-18-14-7-11(8-17)5-6-12(13)14/h5-7,9,18H,1H2,2-4H3. The first-order valence-corrected chi connectivity index (χ1v) is 6.25. The fourth-order valence-corrected chi connectivity index (χ4v) is 1.90. The average molecular weight is 268 g/mol. The van der Waals surface area contributed by atoms with E-state index in [9.17, 15) is 4.79 Å². The Hall–Kier alpha value is -2.54. The number of fused-ring (bicyclic) bond motifs is 1. The summed E-state index contributed by atoms with van der Waals surface area (Å²) < 4.78 is 5.31. The van der Waals surface area contributed by atoms with Gasteiger partial charge in [0.15, 0.2) is 0 Å². The molecule has 1 aromatic carbocycles. The predicted octanol–water partition coefficient (Wildman–Crippen LogP) is 3.39. The number of hydrogen-bond acceptors (Lipinski definition) is 3. The van der Waals surface area contributed by atoms with Gasteiger partial charge in [0, 0.05) is 22.7 Å². The number of nitrogens with one attached hydrogen (secondary N) is 1. The van der Waals surface area contributed by atoms with Crippen molar-refractivity contribution in [2.45, 2.75) is 26.4 Å². The Kier molecular flexibility index (Phi) is 3.37. The van der Waals surface area contributed by atoms with E-state index >= 15 is 0 Å². The lowest BCUT2D eigenvalue weighted by Gasteiger charge is -2.20. The molecular formula is C16H16N2O2. The molecule has 0 aliphatic rings. The summed E-state index contributed by atoms with van der Waals surface area (Å²) in [5.41, 5.74) is 1.80. The van der Waals surface area contributed by atoms with Crippen LogP contribution in [0.25, 0.3) is 16.5 Å². The molecule has 0 radical (unpaired) electrons. The molecule has 20 heavy (non-hydrogen) atoms. The van der Waals surface area contributed by atoms with Crippen LogP contribution in [0.2, 0.25) is 0 Å². The first kappa shape index (κ1) is 13.9. The van der Waals surface area contributed by atoms with Gasteiger partial charge >= 0.3 is 5.97 Å². The van der Waals surface area contributed by atoms with E-state index in [1.165, 1.54) is 0 Å². The van der Waals surface area contributed by atoms with Gasteiger partial charge in [0.1, 0.15) is 5.60 Å². The van der Waals surface area contributed by atoms with E-state index in [2.05, 4.69) is 17.6 Å². The summed E-state index contributed by atoms with van der Waals surface area (Å²) in [5.74, 6) is -0.442. The van der Waals surface area contributed by atoms with Crippen molar-refractivity contribution >= 4 is 22.4 Å². The number of H-pyrrole nitrogens is 1. The molecule has 102 valence electrons. The minimum atomic E-state index is -0.555. The topological polar surface area (TPSA) is 65.9 Å². The number of benzene rings is 1. The largest absolute Gasteiger partial charge is 0.456 e. The van der Waals surface area contributed by atoms with Crippen molar-refractivity contribution in [2.75, 3.05) is 0 Å². The van der Waals surface area contributed by atoms with Crippen molar-refractivity contribution in [3.63, 3.8) is 0 Å². The zero-order valence-corrected chi connectivity index (χ0v) is 11.8. The molecular weight excluding hydrogens is 252 g/mol. The van der Waals surface area contributed by atoms with Gasteiger partial charge in [-0.3, -0.25) is 0 Å². The molecule has 0 bridgehead atoms. The number of ether oxygens (including phenoxy) is 1. The summed E-state index contributed by atoms with van der Waals surface area (Å²) in [6, 6.07) is 7.33. The van der Waals surface area contributed by atoms with Crippen LogP contribution >= 0.6 is 0 Å². The molecule has 0 saturated carbocycles. The van der Waals surface area contributed by atoms with Gasteiger partial charge < -0.3 is 9.72 Å². The minimum Gasteiger partial charge on any atom is -0.456 e. The smallest absolute Gasteiger partial charge is 0.338 e. The fourth-order valence-electron chi connectivity index (χ4n) is 1.90. The van der Waals surface area contributed by atoms with E-state index in [-0.39, 0.29) is 0 Å². The van der Waals surface area contributed by atoms with Crippen molar-refractivity contribution in [3.8, 4) is 6.07 Å². The highest BCUT2D eigenvalue weighted by atomic mass is 16.6. The van der Waals surface area contributed by atoms with Crippen LogP contribution in [0.5, 0.6) is 0 Å². The highest BCUT2D eigenvalue weighted by Crippen LogP contribution is 2.26. The first-order valence-electron chi connectivity index (χ1n) is 6.25. The van der Waals surface area contributed by atoms with E-state index in [0.29, 0.717) is 16.7 Å². The Balaban J connectivity index is 2.37. The van der Waals surface area contributed by atoms with Crippen LogP contribution in [-0.4, -0.2) is 16.6 Å². The van der Waals surface area contributed by atoms with Crippen LogP contribution < -0.4 is 0 Å². The Labute approximate surface area is 117 Å². The normalized spacial score (nSPS) is 11.1. The van der Waals surface area contributed by atoms with Gasteiger partial charge in [-0.05, 0) is 32.9 Å². The molecule has 2 rings (SSSR count). The number of nitriles is 1. The van der Waals surface area contributed by atoms with Gasteiger partial charge in [0.05, 0.1) is 17.2 Å². The minimum absolute atomic E-state index is 0.302. The van der Waals surface area contributed by atoms with Crippen molar-refractivity contribution in [2.24, 2.45) is 0 Å². The number of aromatic amines is 1. The molecule has 0 saturated heterocycles. The molecule has 2 aromatic rings. The predicted molar refractivity (Wildman–Crippen MR) is 77.9 cm³/mol. The maximum atomic E-state index is 12.0. The van der Waals surface area contributed by atoms with Crippen LogP contribution in [0, 0.1) is 11.3 Å². The van der Waals surface area contributed by atoms with Crippen molar-refractivity contribution in [1.82, 2.24) is 4.98 Å². The maximum absolute atomic E-state index is 12.0. The van der Waals surface area contributed by atoms with Gasteiger partial charge in [-0.15, -0.1) is 0 Å². The highest BCUT2D eigenvalue weighted by molar-refractivity contribution is 6.19. The Morgan fingerprint density at radius 1 is 1.40 bits per heavy atom. The first-order chi connectivity index (χ1) is 9.31. The Morgan fingerprint density at radius 2 is 2.10 bits per heavy atom. The fraction of sp³-hybridized carbons (Fsp3) is 0.250. The molecule has 0 aliphatic heterocycles. The second-order valence-corrected chi connectivity index (χ2v) is 5.55. The van der Waals surface area contributed by atoms with Gasteiger partial charge in [-0.2, -0.15) is 5.26 Å². The molecule has 1 N–H and O–H groups in total. The number of carbonyl (C=O) groups excluding carboxylic acids is 1. The van der Waals surface area contributed by atoms with Gasteiger partial charge in [0.2, 0.25) is 0 Å². The Morgan fingerprint density at radius 3 is 2.70 bits per heavy atom. The van der Waals surface area contributed by atoms with Crippen molar-refractivity contribution < 1.29 is 9.53 Å². The van der Waals surface area contributed by atoms with Gasteiger partial charge in [0.25, 0.3) is 0 Å². The average Bonchev–Trinajstić information content (AvgIpc) is 2.78. The van der Waals surface area contributed by atoms with Crippen LogP contribution in [0.15, 0.2) is 31.0 Å². The lowest BCUT2D eigenvalue weighted by atomic mass is 10.0. The molecule has 0 amide bonds. The van der Waals surface area contributed by atoms with Crippen LogP contribution in [0.1, 0.15) is 31.9 Å². The van der Waals surface area contributed by atoms with Crippen LogP contribution in [-0.2, 0) is 9.53 Å². The summed E-state index contributed by atoms with van der Waals surface area (Å²) in [4.78, 5) is 15.1. The summed E-state index contributed by atoms with van der Waals surface area (Å²) in [6.07, 6.45) is 1.71. The van der Waals surface area contributed by atoms with Gasteiger partial charge in [-0.1, -0.05) is 12.6 Å². The molecule has 0 aliphatic carbocycles. The van der Waals surface area contributed by atoms with E-state index < -0.39 is 11.6 Å². The number of hydrogen-bond donors (Lipinski definition) is 1. The highest BCUT2D eigenvalue weighted by Gasteiger charge is 2.21. The third kappa shape index (κ3) is 2.72. The lowest BCUT2D eigenvalue weighted by Crippen LogP contribution is -2.24. The van der Waals surface area contributed by atoms with Crippen molar-refractivity contribution in [1.29, 1.82) is 5.26 Å². The quantitative estimate of drug-likeness (QED) is 0.670. The molecule has 0 unspecified atom stereocenters. The van der Waals surface area contributed by atoms with Crippen LogP contribution in [0.4, 0.5) is 0 Å². The molecule has 1 heterocycles. The molecule has 1 aromatic heterocycles. The van der Waals surface area contributed by atoms with E-state index in [0.717, 1.165) is 10.9 Å². The van der Waals surface area contributed by atoms with Gasteiger partial charge in [-0.25, -0.2) is 4.79 Å². The zero-order chi connectivity index (χ0) is 14.9. The number of carbonyl (C=O) groups is 1. The van der Waals surface area contributed by atoms with Crippen molar-refractivity contribution in [3.05, 3.63) is 42.1 Å². The molecule has 0 atom stereocenters. The monoisotopic (exact) mass is 268 g/mol. The molecule has 0 spiro atoms. The number of nitrogens with zero attached hydrogens (tertiary/aromatic N) is 1. The summed E-state index contributed by atoms with van der Waals surface area (Å²) in [6.45, 7) is 9.25. The lowest BCUT2D eigenvalue weighted by molar-refractivity contribution is -0.147. The zero-order valence-electron chi connectivity index (χ0n) is 11.8. The Bertz CT molecular complexity index is 727. The molecule has 4 heteroatoms. The molecule has 4 nitrogen and oxygen atoms in total. The molecule has 0 fully saturated rings. The maximum Gasteiger partial charge on any atom is 0.338 e. The number of aromatic nitrogens is 1. The number of esters is 1. The number of rotatable bonds is 2. The van der Waals surface area contributed by atoms with E-state index in [1.807, 2.05) is 20.8 Å². The summed E-state index contributed by atoms with van der Waals surface area (Å²) >= 11 is 0.